The number of rotatable bonds is 2. The molecule has 5 heteroatoms. The molecule has 1 saturated heterocycles. The van der Waals surface area contributed by atoms with Crippen molar-refractivity contribution >= 4 is 11.4 Å². The van der Waals surface area contributed by atoms with Crippen molar-refractivity contribution in [3.63, 3.8) is 0 Å². The van der Waals surface area contributed by atoms with E-state index in [0.29, 0.717) is 0 Å². The Morgan fingerprint density at radius 1 is 1.38 bits per heavy atom. The third-order valence-electron chi connectivity index (χ3n) is 2.86. The summed E-state index contributed by atoms with van der Waals surface area (Å²) in [6.07, 6.45) is 0. The standard InChI is InChI=1S/C11H15N3O2/c1-9-3-2-4-10(11(9)14(15)16)13-7-5-12-6-8-13/h2-4,12H,5-8H2,1H3. The monoisotopic (exact) mass is 221 g/mol. The number of para-hydroxylation sites is 1. The van der Waals surface area contributed by atoms with E-state index in [1.807, 2.05) is 12.1 Å². The maximum absolute atomic E-state index is 11.0. The highest BCUT2D eigenvalue weighted by Gasteiger charge is 2.22. The van der Waals surface area contributed by atoms with Crippen molar-refractivity contribution in [1.29, 1.82) is 0 Å². The number of nitrogens with zero attached hydrogens (tertiary/aromatic N) is 2. The molecule has 16 heavy (non-hydrogen) atoms. The summed E-state index contributed by atoms with van der Waals surface area (Å²) in [7, 11) is 0. The molecule has 1 N–H and O–H groups in total. The number of hydrogen-bond acceptors (Lipinski definition) is 4. The normalized spacial score (nSPS) is 16.2. The van der Waals surface area contributed by atoms with Crippen LogP contribution in [0.5, 0.6) is 0 Å². The lowest BCUT2D eigenvalue weighted by atomic mass is 10.1. The highest BCUT2D eigenvalue weighted by atomic mass is 16.6. The highest BCUT2D eigenvalue weighted by molar-refractivity contribution is 5.66. The molecular formula is C11H15N3O2. The maximum atomic E-state index is 11.0. The lowest BCUT2D eigenvalue weighted by molar-refractivity contribution is -0.384. The number of benzene rings is 1. The number of piperazine rings is 1. The summed E-state index contributed by atoms with van der Waals surface area (Å²) in [5.74, 6) is 0. The third-order valence-corrected chi connectivity index (χ3v) is 2.86. The molecule has 0 atom stereocenters. The Kier molecular flexibility index (Phi) is 3.05. The molecule has 86 valence electrons. The van der Waals surface area contributed by atoms with Crippen LogP contribution in [0.1, 0.15) is 5.56 Å². The number of nitro groups is 1. The van der Waals surface area contributed by atoms with E-state index in [-0.39, 0.29) is 10.6 Å². The van der Waals surface area contributed by atoms with E-state index in [9.17, 15) is 10.1 Å². The minimum Gasteiger partial charge on any atom is -0.363 e. The van der Waals surface area contributed by atoms with Crippen LogP contribution in [0.25, 0.3) is 0 Å². The van der Waals surface area contributed by atoms with Crippen LogP contribution in [0.15, 0.2) is 18.2 Å². The van der Waals surface area contributed by atoms with E-state index in [2.05, 4.69) is 10.2 Å². The van der Waals surface area contributed by atoms with Gasteiger partial charge in [0.1, 0.15) is 5.69 Å². The molecule has 1 aromatic rings. The number of hydrogen-bond donors (Lipinski definition) is 1. The molecular weight excluding hydrogens is 206 g/mol. The fraction of sp³-hybridized carbons (Fsp3) is 0.455. The quantitative estimate of drug-likeness (QED) is 0.604. The molecule has 0 unspecified atom stereocenters. The molecule has 0 bridgehead atoms. The van der Waals surface area contributed by atoms with E-state index in [1.165, 1.54) is 0 Å². The Hall–Kier alpha value is -1.62. The van der Waals surface area contributed by atoms with Gasteiger partial charge in [-0.3, -0.25) is 10.1 Å². The zero-order valence-electron chi connectivity index (χ0n) is 9.27. The van der Waals surface area contributed by atoms with Gasteiger partial charge in [0.15, 0.2) is 0 Å². The van der Waals surface area contributed by atoms with Gasteiger partial charge in [0.05, 0.1) is 4.92 Å². The topological polar surface area (TPSA) is 58.4 Å². The van der Waals surface area contributed by atoms with Gasteiger partial charge in [0.25, 0.3) is 5.69 Å². The Balaban J connectivity index is 2.38. The lowest BCUT2D eigenvalue weighted by Crippen LogP contribution is -2.43. The second kappa shape index (κ2) is 4.49. The van der Waals surface area contributed by atoms with Crippen molar-refractivity contribution in [3.8, 4) is 0 Å². The van der Waals surface area contributed by atoms with Gasteiger partial charge in [-0.05, 0) is 13.0 Å². The van der Waals surface area contributed by atoms with Gasteiger partial charge >= 0.3 is 0 Å². The Bertz CT molecular complexity index is 400. The maximum Gasteiger partial charge on any atom is 0.295 e. The Labute approximate surface area is 94.2 Å². The first-order valence-electron chi connectivity index (χ1n) is 5.40. The molecule has 0 radical (unpaired) electrons. The molecule has 5 nitrogen and oxygen atoms in total. The molecule has 0 aliphatic carbocycles. The third kappa shape index (κ3) is 1.99. The van der Waals surface area contributed by atoms with Crippen LogP contribution in [0.2, 0.25) is 0 Å². The van der Waals surface area contributed by atoms with Gasteiger partial charge in [0, 0.05) is 31.7 Å². The van der Waals surface area contributed by atoms with E-state index in [4.69, 9.17) is 0 Å². The Morgan fingerprint density at radius 3 is 2.69 bits per heavy atom. The molecule has 1 aliphatic heterocycles. The average molecular weight is 221 g/mol. The molecule has 1 aliphatic rings. The predicted molar refractivity (Wildman–Crippen MR) is 62.9 cm³/mol. The molecule has 1 heterocycles. The summed E-state index contributed by atoms with van der Waals surface area (Å²) in [4.78, 5) is 12.8. The minimum absolute atomic E-state index is 0.240. The summed E-state index contributed by atoms with van der Waals surface area (Å²) in [6.45, 7) is 5.19. The zero-order chi connectivity index (χ0) is 11.5. The van der Waals surface area contributed by atoms with Crippen molar-refractivity contribution < 1.29 is 4.92 Å². The van der Waals surface area contributed by atoms with E-state index >= 15 is 0 Å². The lowest BCUT2D eigenvalue weighted by Gasteiger charge is -2.29. The van der Waals surface area contributed by atoms with Gasteiger partial charge in [-0.15, -0.1) is 0 Å². The smallest absolute Gasteiger partial charge is 0.295 e. The summed E-state index contributed by atoms with van der Waals surface area (Å²) < 4.78 is 0. The number of aryl methyl sites for hydroxylation is 1. The zero-order valence-corrected chi connectivity index (χ0v) is 9.27. The predicted octanol–water partition coefficient (Wildman–Crippen LogP) is 1.31. The summed E-state index contributed by atoms with van der Waals surface area (Å²) in [5, 5.41) is 14.3. The van der Waals surface area contributed by atoms with Crippen molar-refractivity contribution in [2.45, 2.75) is 6.92 Å². The first-order chi connectivity index (χ1) is 7.70. The van der Waals surface area contributed by atoms with Crippen molar-refractivity contribution in [1.82, 2.24) is 5.32 Å². The molecule has 1 aromatic carbocycles. The van der Waals surface area contributed by atoms with Gasteiger partial charge in [-0.2, -0.15) is 0 Å². The number of nitrogens with one attached hydrogen (secondary N) is 1. The summed E-state index contributed by atoms with van der Waals surface area (Å²) >= 11 is 0. The molecule has 0 aromatic heterocycles. The second-order valence-electron chi connectivity index (χ2n) is 3.94. The first kappa shape index (κ1) is 10.9. The van der Waals surface area contributed by atoms with Gasteiger partial charge < -0.3 is 10.2 Å². The van der Waals surface area contributed by atoms with Crippen LogP contribution >= 0.6 is 0 Å². The van der Waals surface area contributed by atoms with Crippen LogP contribution in [-0.4, -0.2) is 31.1 Å². The SMILES string of the molecule is Cc1cccc(N2CCNCC2)c1[N+](=O)[O-]. The first-order valence-corrected chi connectivity index (χ1v) is 5.40. The van der Waals surface area contributed by atoms with Crippen LogP contribution in [-0.2, 0) is 0 Å². The summed E-state index contributed by atoms with van der Waals surface area (Å²) in [5.41, 5.74) is 1.71. The largest absolute Gasteiger partial charge is 0.363 e. The summed E-state index contributed by atoms with van der Waals surface area (Å²) in [6, 6.07) is 5.49. The van der Waals surface area contributed by atoms with Crippen LogP contribution in [0, 0.1) is 17.0 Å². The highest BCUT2D eigenvalue weighted by Crippen LogP contribution is 2.31. The minimum atomic E-state index is -0.285. The molecule has 0 saturated carbocycles. The van der Waals surface area contributed by atoms with E-state index in [1.54, 1.807) is 13.0 Å². The second-order valence-corrected chi connectivity index (χ2v) is 3.94. The van der Waals surface area contributed by atoms with Crippen molar-refractivity contribution in [2.75, 3.05) is 31.1 Å². The van der Waals surface area contributed by atoms with Crippen LogP contribution < -0.4 is 10.2 Å². The molecule has 0 spiro atoms. The van der Waals surface area contributed by atoms with Gasteiger partial charge in [0.2, 0.25) is 0 Å². The fourth-order valence-electron chi connectivity index (χ4n) is 2.04. The number of nitro benzene ring substituents is 1. The Morgan fingerprint density at radius 2 is 2.06 bits per heavy atom. The fourth-order valence-corrected chi connectivity index (χ4v) is 2.04. The van der Waals surface area contributed by atoms with Crippen molar-refractivity contribution in [3.05, 3.63) is 33.9 Å². The van der Waals surface area contributed by atoms with Crippen LogP contribution in [0.4, 0.5) is 11.4 Å². The van der Waals surface area contributed by atoms with Gasteiger partial charge in [-0.25, -0.2) is 0 Å². The van der Waals surface area contributed by atoms with E-state index in [0.717, 1.165) is 37.4 Å². The molecule has 1 fully saturated rings. The average Bonchev–Trinajstić information content (AvgIpc) is 2.29. The van der Waals surface area contributed by atoms with Gasteiger partial charge in [-0.1, -0.05) is 12.1 Å². The molecule has 0 amide bonds. The van der Waals surface area contributed by atoms with Crippen molar-refractivity contribution in [2.24, 2.45) is 0 Å². The van der Waals surface area contributed by atoms with Crippen LogP contribution in [0.3, 0.4) is 0 Å². The number of anilines is 1. The molecule has 2 rings (SSSR count). The van der Waals surface area contributed by atoms with E-state index < -0.39 is 0 Å².